The minimum Gasteiger partial charge on any atom is -0.325 e. The number of nitrogens with one attached hydrogen (secondary N) is 1. The molecule has 0 atom stereocenters. The van der Waals surface area contributed by atoms with E-state index in [1.54, 1.807) is 6.20 Å². The number of hydrogen-bond donors (Lipinski definition) is 2. The van der Waals surface area contributed by atoms with Crippen LogP contribution in [0.25, 0.3) is 0 Å². The topological polar surface area (TPSA) is 98.7 Å². The summed E-state index contributed by atoms with van der Waals surface area (Å²) >= 11 is 1.42. The fraction of sp³-hybridized carbons (Fsp3) is 0.500. The first kappa shape index (κ1) is 14.6. The first-order chi connectivity index (χ1) is 9.38. The lowest BCUT2D eigenvalue weighted by Crippen LogP contribution is -2.19. The zero-order valence-corrected chi connectivity index (χ0v) is 12.6. The van der Waals surface area contributed by atoms with Gasteiger partial charge in [-0.2, -0.15) is 0 Å². The van der Waals surface area contributed by atoms with Crippen LogP contribution in [-0.4, -0.2) is 25.9 Å². The minimum atomic E-state index is -0.187. The Labute approximate surface area is 121 Å². The molecule has 108 valence electrons. The van der Waals surface area contributed by atoms with Crippen molar-refractivity contribution in [3.63, 3.8) is 0 Å². The number of nitrogens with zero attached hydrogens (tertiary/aromatic N) is 4. The molecule has 0 aliphatic carbocycles. The maximum atomic E-state index is 11.9. The fourth-order valence-electron chi connectivity index (χ4n) is 1.49. The van der Waals surface area contributed by atoms with Crippen molar-refractivity contribution in [3.05, 3.63) is 23.0 Å². The van der Waals surface area contributed by atoms with Gasteiger partial charge < -0.3 is 11.1 Å². The van der Waals surface area contributed by atoms with Gasteiger partial charge in [0.25, 0.3) is 0 Å². The van der Waals surface area contributed by atoms with Crippen LogP contribution < -0.4 is 11.1 Å². The van der Waals surface area contributed by atoms with Crippen molar-refractivity contribution in [3.8, 4) is 0 Å². The number of rotatable bonds is 4. The Morgan fingerprint density at radius 3 is 2.80 bits per heavy atom. The molecule has 8 heteroatoms. The predicted molar refractivity (Wildman–Crippen MR) is 77.4 cm³/mol. The Hall–Kier alpha value is -1.80. The summed E-state index contributed by atoms with van der Waals surface area (Å²) in [6, 6.07) is 0. The molecule has 20 heavy (non-hydrogen) atoms. The molecule has 7 nitrogen and oxygen atoms in total. The van der Waals surface area contributed by atoms with Crippen LogP contribution in [0, 0.1) is 0 Å². The number of thiazole rings is 1. The summed E-state index contributed by atoms with van der Waals surface area (Å²) in [5.41, 5.74) is 7.03. The Morgan fingerprint density at radius 1 is 1.50 bits per heavy atom. The molecule has 2 heterocycles. The smallest absolute Gasteiger partial charge is 0.247 e. The zero-order valence-electron chi connectivity index (χ0n) is 11.8. The molecular weight excluding hydrogens is 276 g/mol. The van der Waals surface area contributed by atoms with Crippen LogP contribution >= 0.6 is 11.3 Å². The summed E-state index contributed by atoms with van der Waals surface area (Å²) in [5.74, 6) is -0.187. The van der Waals surface area contributed by atoms with Gasteiger partial charge in [0, 0.05) is 17.3 Å². The first-order valence-electron chi connectivity index (χ1n) is 6.23. The second-order valence-corrected chi connectivity index (χ2v) is 6.31. The third-order valence-corrected chi connectivity index (χ3v) is 3.38. The van der Waals surface area contributed by atoms with E-state index in [4.69, 9.17) is 5.73 Å². The van der Waals surface area contributed by atoms with E-state index in [0.717, 1.165) is 5.69 Å². The van der Waals surface area contributed by atoms with Crippen molar-refractivity contribution in [1.29, 1.82) is 0 Å². The highest BCUT2D eigenvalue weighted by atomic mass is 32.1. The molecule has 2 aromatic heterocycles. The fourth-order valence-corrected chi connectivity index (χ4v) is 2.44. The number of aromatic nitrogens is 4. The molecule has 0 saturated heterocycles. The molecule has 3 N–H and O–H groups in total. The normalized spacial score (nSPS) is 11.6. The third kappa shape index (κ3) is 3.61. The highest BCUT2D eigenvalue weighted by molar-refractivity contribution is 7.13. The van der Waals surface area contributed by atoms with Crippen molar-refractivity contribution in [2.24, 2.45) is 5.73 Å². The number of nitrogens with two attached hydrogens (primary N) is 1. The van der Waals surface area contributed by atoms with Gasteiger partial charge in [-0.05, 0) is 0 Å². The van der Waals surface area contributed by atoms with E-state index < -0.39 is 0 Å². The van der Waals surface area contributed by atoms with E-state index in [-0.39, 0.29) is 17.9 Å². The van der Waals surface area contributed by atoms with Gasteiger partial charge >= 0.3 is 0 Å². The third-order valence-electron chi connectivity index (χ3n) is 2.62. The van der Waals surface area contributed by atoms with Crippen LogP contribution in [0.4, 0.5) is 5.13 Å². The predicted octanol–water partition coefficient (Wildman–Crippen LogP) is 1.13. The summed E-state index contributed by atoms with van der Waals surface area (Å²) in [4.78, 5) is 16.3. The Kier molecular flexibility index (Phi) is 4.15. The maximum absolute atomic E-state index is 11.9. The van der Waals surface area contributed by atoms with Crippen LogP contribution in [0.5, 0.6) is 0 Å². The van der Waals surface area contributed by atoms with E-state index in [9.17, 15) is 4.79 Å². The molecule has 0 saturated carbocycles. The van der Waals surface area contributed by atoms with E-state index in [2.05, 4.69) is 41.4 Å². The van der Waals surface area contributed by atoms with Gasteiger partial charge in [0.05, 0.1) is 17.6 Å². The standard InChI is InChI=1S/C12H18N6OS/c1-12(2,3)9-7-20-11(14-9)15-10(19)6-18-5-8(4-13)16-17-18/h5,7H,4,6,13H2,1-3H3,(H,14,15,19). The molecule has 0 radical (unpaired) electrons. The number of amides is 1. The summed E-state index contributed by atoms with van der Waals surface area (Å²) in [6.45, 7) is 6.65. The molecule has 1 amide bonds. The lowest BCUT2D eigenvalue weighted by atomic mass is 9.93. The van der Waals surface area contributed by atoms with Crippen LogP contribution in [0.2, 0.25) is 0 Å². The van der Waals surface area contributed by atoms with Gasteiger partial charge in [-0.1, -0.05) is 26.0 Å². The van der Waals surface area contributed by atoms with Gasteiger partial charge in [0.15, 0.2) is 5.13 Å². The van der Waals surface area contributed by atoms with Crippen LogP contribution in [0.3, 0.4) is 0 Å². The molecule has 0 spiro atoms. The van der Waals surface area contributed by atoms with E-state index in [1.807, 2.05) is 5.38 Å². The van der Waals surface area contributed by atoms with Crippen molar-refractivity contribution in [2.75, 3.05) is 5.32 Å². The minimum absolute atomic E-state index is 0.0264. The van der Waals surface area contributed by atoms with Gasteiger partial charge in [0.1, 0.15) is 6.54 Å². The number of anilines is 1. The monoisotopic (exact) mass is 294 g/mol. The first-order valence-corrected chi connectivity index (χ1v) is 7.11. The van der Waals surface area contributed by atoms with Gasteiger partial charge in [-0.3, -0.25) is 4.79 Å². The summed E-state index contributed by atoms with van der Waals surface area (Å²) in [6.07, 6.45) is 1.65. The van der Waals surface area contributed by atoms with Gasteiger partial charge in [0.2, 0.25) is 5.91 Å². The molecule has 2 aromatic rings. The molecule has 0 aliphatic rings. The average Bonchev–Trinajstić information content (AvgIpc) is 2.97. The van der Waals surface area contributed by atoms with Crippen LogP contribution in [0.15, 0.2) is 11.6 Å². The Balaban J connectivity index is 1.96. The number of carbonyl (C=O) groups excluding carboxylic acids is 1. The molecule has 0 unspecified atom stereocenters. The molecular formula is C12H18N6OS. The highest BCUT2D eigenvalue weighted by Crippen LogP contribution is 2.26. The second-order valence-electron chi connectivity index (χ2n) is 5.45. The number of hydrogen-bond acceptors (Lipinski definition) is 6. The van der Waals surface area contributed by atoms with Crippen LogP contribution in [-0.2, 0) is 23.3 Å². The van der Waals surface area contributed by atoms with Gasteiger partial charge in [-0.15, -0.1) is 16.4 Å². The molecule has 0 aromatic carbocycles. The van der Waals surface area contributed by atoms with Crippen molar-refractivity contribution < 1.29 is 4.79 Å². The highest BCUT2D eigenvalue weighted by Gasteiger charge is 2.18. The summed E-state index contributed by atoms with van der Waals surface area (Å²) in [7, 11) is 0. The Morgan fingerprint density at radius 2 is 2.25 bits per heavy atom. The van der Waals surface area contributed by atoms with E-state index in [0.29, 0.717) is 17.4 Å². The molecule has 2 rings (SSSR count). The van der Waals surface area contributed by atoms with E-state index >= 15 is 0 Å². The maximum Gasteiger partial charge on any atom is 0.247 e. The molecule has 0 aliphatic heterocycles. The molecule has 0 fully saturated rings. The van der Waals surface area contributed by atoms with Crippen molar-refractivity contribution >= 4 is 22.4 Å². The summed E-state index contributed by atoms with van der Waals surface area (Å²) in [5, 5.41) is 13.0. The lowest BCUT2D eigenvalue weighted by Gasteiger charge is -2.14. The largest absolute Gasteiger partial charge is 0.325 e. The van der Waals surface area contributed by atoms with Crippen molar-refractivity contribution in [1.82, 2.24) is 20.0 Å². The van der Waals surface area contributed by atoms with Gasteiger partial charge in [-0.25, -0.2) is 9.67 Å². The summed E-state index contributed by atoms with van der Waals surface area (Å²) < 4.78 is 1.45. The SMILES string of the molecule is CC(C)(C)c1csc(NC(=O)Cn2cc(CN)nn2)n1. The van der Waals surface area contributed by atoms with Crippen molar-refractivity contribution in [2.45, 2.75) is 39.3 Å². The second kappa shape index (κ2) is 5.68. The molecule has 0 bridgehead atoms. The zero-order chi connectivity index (χ0) is 14.8. The average molecular weight is 294 g/mol. The number of carbonyl (C=O) groups is 1. The Bertz CT molecular complexity index is 597. The van der Waals surface area contributed by atoms with E-state index in [1.165, 1.54) is 16.0 Å². The quantitative estimate of drug-likeness (QED) is 0.880. The van der Waals surface area contributed by atoms with Crippen LogP contribution in [0.1, 0.15) is 32.2 Å². The lowest BCUT2D eigenvalue weighted by molar-refractivity contribution is -0.116.